The molecule has 1 aromatic carbocycles. The molecule has 20 heavy (non-hydrogen) atoms. The van der Waals surface area contributed by atoms with E-state index in [1.807, 2.05) is 0 Å². The van der Waals surface area contributed by atoms with Crippen LogP contribution in [0.15, 0.2) is 24.4 Å². The highest BCUT2D eigenvalue weighted by molar-refractivity contribution is 6.33. The Labute approximate surface area is 126 Å². The van der Waals surface area contributed by atoms with E-state index in [2.05, 4.69) is 10.3 Å². The van der Waals surface area contributed by atoms with E-state index in [4.69, 9.17) is 38.4 Å². The third kappa shape index (κ3) is 3.00. The van der Waals surface area contributed by atoms with E-state index >= 15 is 0 Å². The minimum absolute atomic E-state index is 0.402. The van der Waals surface area contributed by atoms with Crippen molar-refractivity contribution in [3.63, 3.8) is 0 Å². The van der Waals surface area contributed by atoms with E-state index in [9.17, 15) is 0 Å². The lowest BCUT2D eigenvalue weighted by molar-refractivity contribution is 0.396. The molecular formula is C13H13Cl2N3O2. The Morgan fingerprint density at radius 3 is 2.35 bits per heavy atom. The molecule has 106 valence electrons. The number of nitrogens with two attached hydrogens (primary N) is 1. The van der Waals surface area contributed by atoms with E-state index in [-0.39, 0.29) is 0 Å². The highest BCUT2D eigenvalue weighted by atomic mass is 35.5. The van der Waals surface area contributed by atoms with Gasteiger partial charge in [-0.2, -0.15) is 0 Å². The Bertz CT molecular complexity index is 635. The molecule has 0 saturated heterocycles. The second kappa shape index (κ2) is 6.07. The molecule has 5 nitrogen and oxygen atoms in total. The fourth-order valence-corrected chi connectivity index (χ4v) is 2.09. The van der Waals surface area contributed by atoms with E-state index in [1.165, 1.54) is 13.3 Å². The van der Waals surface area contributed by atoms with E-state index in [1.54, 1.807) is 25.3 Å². The SMILES string of the molecule is COc1cc(OC)c(Nc2ncc(N)cc2Cl)cc1Cl. The van der Waals surface area contributed by atoms with Crippen LogP contribution in [-0.4, -0.2) is 19.2 Å². The summed E-state index contributed by atoms with van der Waals surface area (Å²) in [5, 5.41) is 3.90. The smallest absolute Gasteiger partial charge is 0.149 e. The van der Waals surface area contributed by atoms with Crippen molar-refractivity contribution in [3.8, 4) is 11.5 Å². The number of anilines is 3. The number of nitrogens with one attached hydrogen (secondary N) is 1. The maximum absolute atomic E-state index is 6.10. The quantitative estimate of drug-likeness (QED) is 0.900. The van der Waals surface area contributed by atoms with Crippen LogP contribution in [0.3, 0.4) is 0 Å². The Morgan fingerprint density at radius 1 is 1.05 bits per heavy atom. The molecule has 0 unspecified atom stereocenters. The van der Waals surface area contributed by atoms with E-state index in [0.717, 1.165) is 0 Å². The number of ether oxygens (including phenoxy) is 2. The molecule has 0 radical (unpaired) electrons. The molecule has 0 aliphatic carbocycles. The third-order valence-corrected chi connectivity index (χ3v) is 3.17. The molecule has 7 heteroatoms. The number of nitrogens with zero attached hydrogens (tertiary/aromatic N) is 1. The average molecular weight is 314 g/mol. The first-order valence-electron chi connectivity index (χ1n) is 5.64. The molecule has 0 saturated carbocycles. The highest BCUT2D eigenvalue weighted by Gasteiger charge is 2.12. The van der Waals surface area contributed by atoms with E-state index in [0.29, 0.717) is 38.7 Å². The number of benzene rings is 1. The van der Waals surface area contributed by atoms with Gasteiger partial charge in [0.2, 0.25) is 0 Å². The number of rotatable bonds is 4. The molecule has 1 aromatic heterocycles. The summed E-state index contributed by atoms with van der Waals surface area (Å²) in [5.41, 5.74) is 6.71. The summed E-state index contributed by atoms with van der Waals surface area (Å²) < 4.78 is 10.4. The topological polar surface area (TPSA) is 69.4 Å². The third-order valence-electron chi connectivity index (χ3n) is 2.59. The van der Waals surface area contributed by atoms with Gasteiger partial charge in [0.1, 0.15) is 17.3 Å². The highest BCUT2D eigenvalue weighted by Crippen LogP contribution is 2.38. The van der Waals surface area contributed by atoms with Crippen LogP contribution in [-0.2, 0) is 0 Å². The fraction of sp³-hybridized carbons (Fsp3) is 0.154. The van der Waals surface area contributed by atoms with Crippen molar-refractivity contribution in [2.45, 2.75) is 0 Å². The van der Waals surface area contributed by atoms with Gasteiger partial charge in [0.15, 0.2) is 0 Å². The van der Waals surface area contributed by atoms with Crippen LogP contribution in [0.5, 0.6) is 11.5 Å². The number of pyridine rings is 1. The summed E-state index contributed by atoms with van der Waals surface area (Å²) in [6, 6.07) is 4.96. The van der Waals surface area contributed by atoms with Crippen LogP contribution >= 0.6 is 23.2 Å². The number of halogens is 2. The normalized spacial score (nSPS) is 10.2. The zero-order valence-corrected chi connectivity index (χ0v) is 12.4. The summed E-state index contributed by atoms with van der Waals surface area (Å²) in [5.74, 6) is 1.53. The zero-order valence-electron chi connectivity index (χ0n) is 10.9. The molecule has 0 aliphatic rings. The maximum atomic E-state index is 6.10. The summed E-state index contributed by atoms with van der Waals surface area (Å²) in [6.07, 6.45) is 1.51. The summed E-state index contributed by atoms with van der Waals surface area (Å²) in [6.45, 7) is 0. The number of aromatic nitrogens is 1. The summed E-state index contributed by atoms with van der Waals surface area (Å²) in [4.78, 5) is 4.12. The standard InChI is InChI=1S/C13H13Cl2N3O2/c1-19-11-5-12(20-2)10(4-8(11)14)18-13-9(15)3-7(16)6-17-13/h3-6H,16H2,1-2H3,(H,17,18). The molecule has 2 aromatic rings. The molecule has 3 N–H and O–H groups in total. The van der Waals surface area contributed by atoms with Gasteiger partial charge in [0, 0.05) is 6.07 Å². The molecule has 0 aliphatic heterocycles. The maximum Gasteiger partial charge on any atom is 0.149 e. The fourth-order valence-electron chi connectivity index (χ4n) is 1.63. The van der Waals surface area contributed by atoms with Gasteiger partial charge in [0.05, 0.1) is 41.8 Å². The second-order valence-corrected chi connectivity index (χ2v) is 4.73. The molecular weight excluding hydrogens is 301 g/mol. The molecule has 0 bridgehead atoms. The van der Waals surface area contributed by atoms with Crippen molar-refractivity contribution in [2.75, 3.05) is 25.3 Å². The van der Waals surface area contributed by atoms with Crippen molar-refractivity contribution in [2.24, 2.45) is 0 Å². The summed E-state index contributed by atoms with van der Waals surface area (Å²) in [7, 11) is 3.08. The van der Waals surface area contributed by atoms with Crippen molar-refractivity contribution in [1.82, 2.24) is 4.98 Å². The number of hydrogen-bond acceptors (Lipinski definition) is 5. The molecule has 0 atom stereocenters. The largest absolute Gasteiger partial charge is 0.495 e. The predicted molar refractivity (Wildman–Crippen MR) is 81.5 cm³/mol. The van der Waals surface area contributed by atoms with Crippen LogP contribution in [0.25, 0.3) is 0 Å². The zero-order chi connectivity index (χ0) is 14.7. The van der Waals surface area contributed by atoms with Gasteiger partial charge in [-0.15, -0.1) is 0 Å². The molecule has 2 rings (SSSR count). The van der Waals surface area contributed by atoms with Crippen molar-refractivity contribution in [3.05, 3.63) is 34.4 Å². The molecule has 1 heterocycles. The van der Waals surface area contributed by atoms with Crippen molar-refractivity contribution in [1.29, 1.82) is 0 Å². The Balaban J connectivity index is 2.40. The number of methoxy groups -OCH3 is 2. The molecule has 0 fully saturated rings. The number of hydrogen-bond donors (Lipinski definition) is 2. The van der Waals surface area contributed by atoms with Crippen molar-refractivity contribution < 1.29 is 9.47 Å². The Morgan fingerprint density at radius 2 is 1.75 bits per heavy atom. The first-order chi connectivity index (χ1) is 9.55. The summed E-state index contributed by atoms with van der Waals surface area (Å²) >= 11 is 12.2. The van der Waals surface area contributed by atoms with Gasteiger partial charge >= 0.3 is 0 Å². The van der Waals surface area contributed by atoms with Gasteiger partial charge < -0.3 is 20.5 Å². The number of nitrogen functional groups attached to an aromatic ring is 1. The van der Waals surface area contributed by atoms with Crippen LogP contribution in [0.4, 0.5) is 17.2 Å². The lowest BCUT2D eigenvalue weighted by Gasteiger charge is -2.14. The molecule has 0 spiro atoms. The van der Waals surface area contributed by atoms with E-state index < -0.39 is 0 Å². The van der Waals surface area contributed by atoms with Crippen LogP contribution < -0.4 is 20.5 Å². The van der Waals surface area contributed by atoms with Gasteiger partial charge in [-0.05, 0) is 12.1 Å². The molecule has 0 amide bonds. The monoisotopic (exact) mass is 313 g/mol. The van der Waals surface area contributed by atoms with Gasteiger partial charge in [0.25, 0.3) is 0 Å². The average Bonchev–Trinajstić information content (AvgIpc) is 2.42. The predicted octanol–water partition coefficient (Wildman–Crippen LogP) is 3.73. The van der Waals surface area contributed by atoms with Gasteiger partial charge in [-0.1, -0.05) is 23.2 Å². The van der Waals surface area contributed by atoms with Crippen LogP contribution in [0, 0.1) is 0 Å². The van der Waals surface area contributed by atoms with Crippen LogP contribution in [0.2, 0.25) is 10.0 Å². The van der Waals surface area contributed by atoms with Gasteiger partial charge in [-0.25, -0.2) is 4.98 Å². The second-order valence-electron chi connectivity index (χ2n) is 3.91. The minimum Gasteiger partial charge on any atom is -0.495 e. The first kappa shape index (κ1) is 14.6. The Kier molecular flexibility index (Phi) is 4.42. The van der Waals surface area contributed by atoms with Gasteiger partial charge in [-0.3, -0.25) is 0 Å². The lowest BCUT2D eigenvalue weighted by atomic mass is 10.2. The van der Waals surface area contributed by atoms with Crippen molar-refractivity contribution >= 4 is 40.4 Å². The van der Waals surface area contributed by atoms with Crippen LogP contribution in [0.1, 0.15) is 0 Å². The lowest BCUT2D eigenvalue weighted by Crippen LogP contribution is -1.99. The first-order valence-corrected chi connectivity index (χ1v) is 6.40. The minimum atomic E-state index is 0.402. The Hall–Kier alpha value is -1.85.